The number of amides is 1. The second kappa shape index (κ2) is 7.93. The lowest BCUT2D eigenvalue weighted by Gasteiger charge is -2.37. The van der Waals surface area contributed by atoms with Crippen molar-refractivity contribution < 1.29 is 9.53 Å². The highest BCUT2D eigenvalue weighted by molar-refractivity contribution is 6.30. The fourth-order valence-electron chi connectivity index (χ4n) is 4.43. The highest BCUT2D eigenvalue weighted by atomic mass is 35.5. The Morgan fingerprint density at radius 2 is 1.88 bits per heavy atom. The SMILES string of the molecule is CC(C)(C)OC(=O)N1Cc2c(-c3ccncc3)c(-c3cccc(Cl)c3)nn2CC1C1CC1. The van der Waals surface area contributed by atoms with Gasteiger partial charge in [0.1, 0.15) is 11.3 Å². The molecule has 2 aliphatic rings. The van der Waals surface area contributed by atoms with Crippen LogP contribution >= 0.6 is 11.6 Å². The minimum Gasteiger partial charge on any atom is -0.444 e. The number of carbonyl (C=O) groups is 1. The summed E-state index contributed by atoms with van der Waals surface area (Å²) in [5.74, 6) is 0.499. The fourth-order valence-corrected chi connectivity index (χ4v) is 4.62. The van der Waals surface area contributed by atoms with Crippen LogP contribution in [0.15, 0.2) is 48.8 Å². The summed E-state index contributed by atoms with van der Waals surface area (Å²) in [4.78, 5) is 19.3. The Bertz CT molecular complexity index is 1150. The lowest BCUT2D eigenvalue weighted by Crippen LogP contribution is -2.49. The van der Waals surface area contributed by atoms with E-state index < -0.39 is 5.60 Å². The van der Waals surface area contributed by atoms with Crippen LogP contribution in [0.25, 0.3) is 22.4 Å². The Balaban J connectivity index is 1.63. The van der Waals surface area contributed by atoms with Gasteiger partial charge in [0.25, 0.3) is 0 Å². The van der Waals surface area contributed by atoms with Gasteiger partial charge in [0, 0.05) is 28.5 Å². The van der Waals surface area contributed by atoms with E-state index in [2.05, 4.69) is 9.67 Å². The van der Waals surface area contributed by atoms with E-state index in [0.717, 1.165) is 40.9 Å². The molecule has 0 N–H and O–H groups in total. The lowest BCUT2D eigenvalue weighted by molar-refractivity contribution is 0.00373. The molecule has 1 aromatic carbocycles. The Morgan fingerprint density at radius 3 is 2.53 bits per heavy atom. The van der Waals surface area contributed by atoms with Gasteiger partial charge in [-0.2, -0.15) is 5.10 Å². The van der Waals surface area contributed by atoms with Gasteiger partial charge in [0.2, 0.25) is 0 Å². The molecule has 1 amide bonds. The first kappa shape index (κ1) is 21.0. The van der Waals surface area contributed by atoms with Crippen molar-refractivity contribution in [2.75, 3.05) is 0 Å². The second-order valence-corrected chi connectivity index (χ2v) is 10.0. The molecule has 3 heterocycles. The van der Waals surface area contributed by atoms with E-state index in [4.69, 9.17) is 21.4 Å². The van der Waals surface area contributed by atoms with Crippen molar-refractivity contribution in [3.8, 4) is 22.4 Å². The zero-order valence-corrected chi connectivity index (χ0v) is 19.3. The van der Waals surface area contributed by atoms with Crippen molar-refractivity contribution in [1.29, 1.82) is 0 Å². The van der Waals surface area contributed by atoms with Crippen LogP contribution in [-0.4, -0.2) is 37.4 Å². The number of hydrogen-bond donors (Lipinski definition) is 0. The standard InChI is InChI=1S/C25H27ClN4O2/c1-25(2,3)32-24(31)29-14-21-22(17-9-11-27-12-10-17)23(18-5-4-6-19(26)13-18)28-30(21)15-20(29)16-7-8-16/h4-6,9-13,16,20H,7-8,14-15H2,1-3H3. The maximum atomic E-state index is 13.2. The summed E-state index contributed by atoms with van der Waals surface area (Å²) < 4.78 is 7.86. The third-order valence-electron chi connectivity index (χ3n) is 6.00. The van der Waals surface area contributed by atoms with Gasteiger partial charge < -0.3 is 4.74 Å². The molecule has 1 unspecified atom stereocenters. The Hall–Kier alpha value is -2.86. The number of aromatic nitrogens is 3. The summed E-state index contributed by atoms with van der Waals surface area (Å²) in [6.07, 6.45) is 5.58. The van der Waals surface area contributed by atoms with Crippen molar-refractivity contribution in [3.05, 3.63) is 59.5 Å². The quantitative estimate of drug-likeness (QED) is 0.506. The highest BCUT2D eigenvalue weighted by Gasteiger charge is 2.43. The molecule has 166 valence electrons. The number of nitrogens with zero attached hydrogens (tertiary/aromatic N) is 4. The molecule has 6 nitrogen and oxygen atoms in total. The average molecular weight is 451 g/mol. The molecular formula is C25H27ClN4O2. The maximum Gasteiger partial charge on any atom is 0.410 e. The lowest BCUT2D eigenvalue weighted by atomic mass is 9.98. The van der Waals surface area contributed by atoms with Gasteiger partial charge in [-0.3, -0.25) is 14.6 Å². The molecule has 0 saturated heterocycles. The molecule has 0 bridgehead atoms. The molecule has 0 spiro atoms. The number of ether oxygens (including phenoxy) is 1. The summed E-state index contributed by atoms with van der Waals surface area (Å²) in [5.41, 5.74) is 4.33. The van der Waals surface area contributed by atoms with E-state index in [-0.39, 0.29) is 12.1 Å². The minimum absolute atomic E-state index is 0.0924. The van der Waals surface area contributed by atoms with Gasteiger partial charge in [-0.1, -0.05) is 23.7 Å². The monoisotopic (exact) mass is 450 g/mol. The number of rotatable bonds is 3. The zero-order chi connectivity index (χ0) is 22.5. The molecule has 0 radical (unpaired) electrons. The minimum atomic E-state index is -0.539. The number of carbonyl (C=O) groups excluding carboxylic acids is 1. The van der Waals surface area contributed by atoms with Gasteiger partial charge in [-0.25, -0.2) is 4.79 Å². The molecular weight excluding hydrogens is 424 g/mol. The van der Waals surface area contributed by atoms with Gasteiger partial charge >= 0.3 is 6.09 Å². The van der Waals surface area contributed by atoms with E-state index in [1.54, 1.807) is 12.4 Å². The van der Waals surface area contributed by atoms with Gasteiger partial charge in [-0.05, 0) is 69.4 Å². The third kappa shape index (κ3) is 4.11. The van der Waals surface area contributed by atoms with Crippen LogP contribution < -0.4 is 0 Å². The highest BCUT2D eigenvalue weighted by Crippen LogP contribution is 2.43. The molecule has 32 heavy (non-hydrogen) atoms. The van der Waals surface area contributed by atoms with Crippen LogP contribution in [0.2, 0.25) is 5.02 Å². The van der Waals surface area contributed by atoms with Crippen LogP contribution in [0, 0.1) is 5.92 Å². The van der Waals surface area contributed by atoms with Crippen LogP contribution in [0.1, 0.15) is 39.3 Å². The summed E-state index contributed by atoms with van der Waals surface area (Å²) in [6, 6.07) is 11.8. The van der Waals surface area contributed by atoms with E-state index >= 15 is 0 Å². The van der Waals surface area contributed by atoms with Crippen molar-refractivity contribution >= 4 is 17.7 Å². The van der Waals surface area contributed by atoms with Crippen LogP contribution in [0.3, 0.4) is 0 Å². The zero-order valence-electron chi connectivity index (χ0n) is 18.6. The molecule has 7 heteroatoms. The Labute approximate surface area is 193 Å². The van der Waals surface area contributed by atoms with Crippen molar-refractivity contribution in [3.63, 3.8) is 0 Å². The largest absolute Gasteiger partial charge is 0.444 e. The summed E-state index contributed by atoms with van der Waals surface area (Å²) in [7, 11) is 0. The maximum absolute atomic E-state index is 13.2. The molecule has 1 aliphatic heterocycles. The fraction of sp³-hybridized carbons (Fsp3) is 0.400. The molecule has 5 rings (SSSR count). The molecule has 1 atom stereocenters. The predicted octanol–water partition coefficient (Wildman–Crippen LogP) is 5.79. The number of fused-ring (bicyclic) bond motifs is 1. The Morgan fingerprint density at radius 1 is 1.12 bits per heavy atom. The normalized spacial score (nSPS) is 18.4. The van der Waals surface area contributed by atoms with E-state index in [1.807, 2.05) is 62.1 Å². The number of hydrogen-bond acceptors (Lipinski definition) is 4. The van der Waals surface area contributed by atoms with Crippen molar-refractivity contribution in [2.24, 2.45) is 5.92 Å². The smallest absolute Gasteiger partial charge is 0.410 e. The second-order valence-electron chi connectivity index (χ2n) is 9.61. The summed E-state index contributed by atoms with van der Waals surface area (Å²) in [6.45, 7) is 6.85. The number of benzene rings is 1. The third-order valence-corrected chi connectivity index (χ3v) is 6.23. The molecule has 2 aromatic heterocycles. The van der Waals surface area contributed by atoms with Gasteiger partial charge in [0.05, 0.1) is 24.8 Å². The van der Waals surface area contributed by atoms with Crippen molar-refractivity contribution in [2.45, 2.75) is 58.3 Å². The number of pyridine rings is 1. The molecule has 1 saturated carbocycles. The van der Waals surface area contributed by atoms with Crippen molar-refractivity contribution in [1.82, 2.24) is 19.7 Å². The topological polar surface area (TPSA) is 60.2 Å². The van der Waals surface area contributed by atoms with E-state index in [0.29, 0.717) is 24.0 Å². The number of halogens is 1. The Kier molecular flexibility index (Phi) is 5.20. The average Bonchev–Trinajstić information content (AvgIpc) is 3.52. The van der Waals surface area contributed by atoms with E-state index in [9.17, 15) is 4.79 Å². The predicted molar refractivity (Wildman–Crippen MR) is 124 cm³/mol. The van der Waals surface area contributed by atoms with E-state index in [1.165, 1.54) is 0 Å². The van der Waals surface area contributed by atoms with Crippen LogP contribution in [0.4, 0.5) is 4.79 Å². The first-order valence-electron chi connectivity index (χ1n) is 11.1. The first-order chi connectivity index (χ1) is 15.3. The van der Waals surface area contributed by atoms with Crippen LogP contribution in [0.5, 0.6) is 0 Å². The summed E-state index contributed by atoms with van der Waals surface area (Å²) in [5, 5.41) is 5.69. The first-order valence-corrected chi connectivity index (χ1v) is 11.4. The molecule has 1 fully saturated rings. The van der Waals surface area contributed by atoms with Gasteiger partial charge in [0.15, 0.2) is 0 Å². The molecule has 1 aliphatic carbocycles. The van der Waals surface area contributed by atoms with Crippen LogP contribution in [-0.2, 0) is 17.8 Å². The van der Waals surface area contributed by atoms with Gasteiger partial charge in [-0.15, -0.1) is 0 Å². The summed E-state index contributed by atoms with van der Waals surface area (Å²) >= 11 is 6.30. The molecule has 3 aromatic rings.